The highest BCUT2D eigenvalue weighted by molar-refractivity contribution is 6.09. The molecule has 0 aliphatic carbocycles. The first-order valence-corrected chi connectivity index (χ1v) is 8.21. The molecule has 1 heterocycles. The van der Waals surface area contributed by atoms with Crippen LogP contribution >= 0.6 is 0 Å². The SMILES string of the molecule is Cc1noc(C)c1CNC(=O)Nc1cccc(C(=O)c2ccccc2)c1. The fraction of sp³-hybridized carbons (Fsp3) is 0.150. The average Bonchev–Trinajstić information content (AvgIpc) is 2.98. The Bertz CT molecular complexity index is 913. The molecule has 26 heavy (non-hydrogen) atoms. The zero-order valence-corrected chi connectivity index (χ0v) is 14.6. The average molecular weight is 349 g/mol. The molecule has 0 fully saturated rings. The first-order chi connectivity index (χ1) is 12.5. The lowest BCUT2D eigenvalue weighted by Crippen LogP contribution is -2.28. The van der Waals surface area contributed by atoms with Crippen LogP contribution < -0.4 is 10.6 Å². The van der Waals surface area contributed by atoms with E-state index in [1.54, 1.807) is 43.3 Å². The fourth-order valence-electron chi connectivity index (χ4n) is 2.59. The van der Waals surface area contributed by atoms with Crippen LogP contribution in [-0.4, -0.2) is 17.0 Å². The van der Waals surface area contributed by atoms with Crippen molar-refractivity contribution >= 4 is 17.5 Å². The zero-order valence-electron chi connectivity index (χ0n) is 14.6. The first kappa shape index (κ1) is 17.4. The monoisotopic (exact) mass is 349 g/mol. The quantitative estimate of drug-likeness (QED) is 0.685. The molecular weight excluding hydrogens is 330 g/mol. The van der Waals surface area contributed by atoms with Crippen molar-refractivity contribution in [3.8, 4) is 0 Å². The third-order valence-electron chi connectivity index (χ3n) is 4.03. The maximum absolute atomic E-state index is 12.5. The van der Waals surface area contributed by atoms with Crippen molar-refractivity contribution in [2.45, 2.75) is 20.4 Å². The molecule has 3 aromatic rings. The van der Waals surface area contributed by atoms with Gasteiger partial charge in [0.05, 0.1) is 5.69 Å². The van der Waals surface area contributed by atoms with Crippen molar-refractivity contribution in [1.29, 1.82) is 0 Å². The van der Waals surface area contributed by atoms with Gasteiger partial charge in [-0.05, 0) is 26.0 Å². The van der Waals surface area contributed by atoms with Crippen molar-refractivity contribution in [3.63, 3.8) is 0 Å². The van der Waals surface area contributed by atoms with E-state index in [9.17, 15) is 9.59 Å². The predicted molar refractivity (Wildman–Crippen MR) is 98.2 cm³/mol. The van der Waals surface area contributed by atoms with Crippen molar-refractivity contribution in [1.82, 2.24) is 10.5 Å². The molecule has 0 saturated heterocycles. The summed E-state index contributed by atoms with van der Waals surface area (Å²) in [5.41, 5.74) is 3.27. The van der Waals surface area contributed by atoms with Gasteiger partial charge in [0.2, 0.25) is 0 Å². The minimum absolute atomic E-state index is 0.0922. The van der Waals surface area contributed by atoms with Crippen LogP contribution in [-0.2, 0) is 6.54 Å². The van der Waals surface area contributed by atoms with Gasteiger partial charge in [-0.1, -0.05) is 47.6 Å². The van der Waals surface area contributed by atoms with Crippen LogP contribution in [0, 0.1) is 13.8 Å². The summed E-state index contributed by atoms with van der Waals surface area (Å²) in [4.78, 5) is 24.6. The Hall–Kier alpha value is -3.41. The molecule has 2 amide bonds. The molecule has 0 spiro atoms. The van der Waals surface area contributed by atoms with Crippen molar-refractivity contribution < 1.29 is 14.1 Å². The number of rotatable bonds is 5. The molecule has 0 bridgehead atoms. The van der Waals surface area contributed by atoms with E-state index in [4.69, 9.17) is 4.52 Å². The molecule has 2 N–H and O–H groups in total. The minimum Gasteiger partial charge on any atom is -0.361 e. The zero-order chi connectivity index (χ0) is 18.5. The van der Waals surface area contributed by atoms with Gasteiger partial charge in [-0.25, -0.2) is 4.79 Å². The van der Waals surface area contributed by atoms with E-state index in [0.29, 0.717) is 29.1 Å². The summed E-state index contributed by atoms with van der Waals surface area (Å²) in [6, 6.07) is 15.5. The van der Waals surface area contributed by atoms with E-state index >= 15 is 0 Å². The number of amides is 2. The Kier molecular flexibility index (Phi) is 5.12. The summed E-state index contributed by atoms with van der Waals surface area (Å²) in [5, 5.41) is 9.35. The molecular formula is C20H19N3O3. The molecule has 132 valence electrons. The van der Waals surface area contributed by atoms with E-state index in [1.165, 1.54) is 0 Å². The second-order valence-electron chi connectivity index (χ2n) is 5.89. The standard InChI is InChI=1S/C20H19N3O3/c1-13-18(14(2)26-23-13)12-21-20(25)22-17-10-6-9-16(11-17)19(24)15-7-4-3-5-8-15/h3-11H,12H2,1-2H3,(H2,21,22,25). The van der Waals surface area contributed by atoms with E-state index in [-0.39, 0.29) is 11.8 Å². The van der Waals surface area contributed by atoms with Crippen LogP contribution in [0.15, 0.2) is 59.1 Å². The van der Waals surface area contributed by atoms with Gasteiger partial charge in [0.1, 0.15) is 5.76 Å². The maximum Gasteiger partial charge on any atom is 0.319 e. The molecule has 0 aliphatic heterocycles. The summed E-state index contributed by atoms with van der Waals surface area (Å²) in [5.74, 6) is 0.587. The maximum atomic E-state index is 12.5. The number of urea groups is 1. The minimum atomic E-state index is -0.366. The van der Waals surface area contributed by atoms with E-state index < -0.39 is 0 Å². The van der Waals surface area contributed by atoms with E-state index in [2.05, 4.69) is 15.8 Å². The summed E-state index contributed by atoms with van der Waals surface area (Å²) < 4.78 is 5.07. The highest BCUT2D eigenvalue weighted by atomic mass is 16.5. The molecule has 6 nitrogen and oxygen atoms in total. The molecule has 3 rings (SSSR count). The number of aryl methyl sites for hydroxylation is 2. The number of anilines is 1. The van der Waals surface area contributed by atoms with Crippen molar-refractivity contribution in [2.24, 2.45) is 0 Å². The predicted octanol–water partition coefficient (Wildman–Crippen LogP) is 3.84. The van der Waals surface area contributed by atoms with Crippen molar-refractivity contribution in [2.75, 3.05) is 5.32 Å². The molecule has 2 aromatic carbocycles. The summed E-state index contributed by atoms with van der Waals surface area (Å²) in [6.45, 7) is 3.94. The number of nitrogens with one attached hydrogen (secondary N) is 2. The molecule has 0 aliphatic rings. The number of hydrogen-bond acceptors (Lipinski definition) is 4. The van der Waals surface area contributed by atoms with Gasteiger partial charge in [0.25, 0.3) is 0 Å². The molecule has 0 atom stereocenters. The number of carbonyl (C=O) groups is 2. The second-order valence-corrected chi connectivity index (χ2v) is 5.89. The second kappa shape index (κ2) is 7.65. The summed E-state index contributed by atoms with van der Waals surface area (Å²) >= 11 is 0. The number of hydrogen-bond donors (Lipinski definition) is 2. The van der Waals surface area contributed by atoms with Crippen LogP contribution in [0.4, 0.5) is 10.5 Å². The van der Waals surface area contributed by atoms with Crippen LogP contribution in [0.25, 0.3) is 0 Å². The molecule has 0 saturated carbocycles. The van der Waals surface area contributed by atoms with Gasteiger partial charge in [-0.3, -0.25) is 4.79 Å². The number of aromatic nitrogens is 1. The first-order valence-electron chi connectivity index (χ1n) is 8.21. The van der Waals surface area contributed by atoms with Gasteiger partial charge in [-0.15, -0.1) is 0 Å². The third kappa shape index (κ3) is 3.97. The van der Waals surface area contributed by atoms with Crippen LogP contribution in [0.2, 0.25) is 0 Å². The van der Waals surface area contributed by atoms with Gasteiger partial charge >= 0.3 is 6.03 Å². The lowest BCUT2D eigenvalue weighted by Gasteiger charge is -2.09. The van der Waals surface area contributed by atoms with Gasteiger partial charge < -0.3 is 15.2 Å². The summed E-state index contributed by atoms with van der Waals surface area (Å²) in [7, 11) is 0. The lowest BCUT2D eigenvalue weighted by atomic mass is 10.0. The molecule has 1 aromatic heterocycles. The Balaban J connectivity index is 1.65. The van der Waals surface area contributed by atoms with Crippen molar-refractivity contribution in [3.05, 3.63) is 82.7 Å². The van der Waals surface area contributed by atoms with E-state index in [0.717, 1.165) is 11.3 Å². The topological polar surface area (TPSA) is 84.2 Å². The van der Waals surface area contributed by atoms with Gasteiger partial charge in [0, 0.05) is 28.9 Å². The Labute approximate surface area is 151 Å². The fourth-order valence-corrected chi connectivity index (χ4v) is 2.59. The van der Waals surface area contributed by atoms with E-state index in [1.807, 2.05) is 25.1 Å². The molecule has 0 unspecified atom stereocenters. The van der Waals surface area contributed by atoms with Crippen LogP contribution in [0.5, 0.6) is 0 Å². The number of carbonyl (C=O) groups excluding carboxylic acids is 2. The normalized spacial score (nSPS) is 10.4. The Morgan fingerprint density at radius 3 is 2.42 bits per heavy atom. The lowest BCUT2D eigenvalue weighted by molar-refractivity contribution is 0.103. The summed E-state index contributed by atoms with van der Waals surface area (Å²) in [6.07, 6.45) is 0. The third-order valence-corrected chi connectivity index (χ3v) is 4.03. The largest absolute Gasteiger partial charge is 0.361 e. The number of nitrogens with zero attached hydrogens (tertiary/aromatic N) is 1. The van der Waals surface area contributed by atoms with Gasteiger partial charge in [0.15, 0.2) is 5.78 Å². The van der Waals surface area contributed by atoms with Gasteiger partial charge in [-0.2, -0.15) is 0 Å². The highest BCUT2D eigenvalue weighted by Crippen LogP contribution is 2.15. The molecule has 0 radical (unpaired) electrons. The Morgan fingerprint density at radius 2 is 1.73 bits per heavy atom. The molecule has 6 heteroatoms. The van der Waals surface area contributed by atoms with Crippen LogP contribution in [0.3, 0.4) is 0 Å². The van der Waals surface area contributed by atoms with Crippen LogP contribution in [0.1, 0.15) is 32.9 Å². The number of benzene rings is 2. The number of ketones is 1. The Morgan fingerprint density at radius 1 is 1.00 bits per heavy atom. The smallest absolute Gasteiger partial charge is 0.319 e. The highest BCUT2D eigenvalue weighted by Gasteiger charge is 2.12.